The number of ketones is 1. The van der Waals surface area contributed by atoms with Crippen LogP contribution in [-0.4, -0.2) is 24.5 Å². The first-order valence-electron chi connectivity index (χ1n) is 10.9. The van der Waals surface area contributed by atoms with Crippen LogP contribution in [0.3, 0.4) is 0 Å². The van der Waals surface area contributed by atoms with Crippen molar-refractivity contribution in [1.82, 2.24) is 5.32 Å². The number of nitrogens with one attached hydrogen (secondary N) is 1. The third-order valence-corrected chi connectivity index (χ3v) is 8.06. The summed E-state index contributed by atoms with van der Waals surface area (Å²) in [4.78, 5) is 13.0. The minimum Gasteiger partial charge on any atom is -0.493 e. The van der Waals surface area contributed by atoms with E-state index < -0.39 is 0 Å². The van der Waals surface area contributed by atoms with E-state index in [0.717, 1.165) is 50.1 Å². The molecular formula is C25H27NO3. The molecule has 1 spiro atoms. The predicted molar refractivity (Wildman–Crippen MR) is 110 cm³/mol. The minimum absolute atomic E-state index is 0.0274. The van der Waals surface area contributed by atoms with Gasteiger partial charge in [-0.3, -0.25) is 4.79 Å². The second kappa shape index (κ2) is 6.09. The number of ether oxygens (including phenoxy) is 2. The Kier molecular flexibility index (Phi) is 3.68. The van der Waals surface area contributed by atoms with Crippen molar-refractivity contribution >= 4 is 5.78 Å². The van der Waals surface area contributed by atoms with E-state index in [1.165, 1.54) is 16.7 Å². The molecule has 4 aliphatic rings. The lowest BCUT2D eigenvalue weighted by molar-refractivity contribution is -0.138. The van der Waals surface area contributed by atoms with Crippen LogP contribution < -0.4 is 14.8 Å². The smallest absolute Gasteiger partial charge is 0.174 e. The van der Waals surface area contributed by atoms with E-state index >= 15 is 0 Å². The fourth-order valence-corrected chi connectivity index (χ4v) is 7.05. The van der Waals surface area contributed by atoms with Gasteiger partial charge in [0.15, 0.2) is 23.4 Å². The first-order chi connectivity index (χ1) is 14.2. The Balaban J connectivity index is 1.49. The third kappa shape index (κ3) is 2.21. The third-order valence-electron chi connectivity index (χ3n) is 8.06. The van der Waals surface area contributed by atoms with Crippen molar-refractivity contribution in [2.75, 3.05) is 7.11 Å². The highest BCUT2D eigenvalue weighted by molar-refractivity contribution is 5.89. The van der Waals surface area contributed by atoms with Gasteiger partial charge in [-0.05, 0) is 48.8 Å². The number of rotatable bonds is 4. The SMILES string of the molecule is COc1ccc2c3c1O[C@@H]1C(=O)CC[C@@H]4C(NCc5ccccc5)(CCCC314)C2. The topological polar surface area (TPSA) is 47.6 Å². The number of carbonyl (C=O) groups excluding carboxylic acids is 1. The number of carbonyl (C=O) groups is 1. The van der Waals surface area contributed by atoms with Crippen molar-refractivity contribution in [2.24, 2.45) is 5.92 Å². The van der Waals surface area contributed by atoms with Gasteiger partial charge in [-0.15, -0.1) is 0 Å². The van der Waals surface area contributed by atoms with Crippen LogP contribution in [0, 0.1) is 5.92 Å². The maximum absolute atomic E-state index is 13.0. The number of hydrogen-bond acceptors (Lipinski definition) is 4. The van der Waals surface area contributed by atoms with E-state index in [4.69, 9.17) is 9.47 Å². The summed E-state index contributed by atoms with van der Waals surface area (Å²) in [6.45, 7) is 0.866. The molecule has 0 saturated heterocycles. The Morgan fingerprint density at radius 3 is 2.86 bits per heavy atom. The lowest BCUT2D eigenvalue weighted by Gasteiger charge is -2.60. The zero-order chi connectivity index (χ0) is 19.6. The second-order valence-electron chi connectivity index (χ2n) is 9.25. The number of methoxy groups -OCH3 is 1. The van der Waals surface area contributed by atoms with Gasteiger partial charge in [-0.2, -0.15) is 0 Å². The summed E-state index contributed by atoms with van der Waals surface area (Å²) in [5.41, 5.74) is 3.79. The van der Waals surface area contributed by atoms with E-state index in [9.17, 15) is 4.79 Å². The van der Waals surface area contributed by atoms with Gasteiger partial charge >= 0.3 is 0 Å². The molecule has 2 unspecified atom stereocenters. The Hall–Kier alpha value is -2.33. The largest absolute Gasteiger partial charge is 0.493 e. The molecule has 29 heavy (non-hydrogen) atoms. The quantitative estimate of drug-likeness (QED) is 0.860. The molecule has 150 valence electrons. The van der Waals surface area contributed by atoms with Crippen molar-refractivity contribution < 1.29 is 14.3 Å². The van der Waals surface area contributed by atoms with E-state index in [-0.39, 0.29) is 22.8 Å². The Bertz CT molecular complexity index is 987. The van der Waals surface area contributed by atoms with Crippen molar-refractivity contribution in [3.05, 3.63) is 59.2 Å². The zero-order valence-electron chi connectivity index (χ0n) is 16.9. The van der Waals surface area contributed by atoms with E-state index in [2.05, 4.69) is 41.7 Å². The number of Topliss-reactive ketones (excluding diaryl/α,β-unsaturated/α-hetero) is 1. The molecule has 0 radical (unpaired) electrons. The summed E-state index contributed by atoms with van der Waals surface area (Å²) < 4.78 is 12.0. The van der Waals surface area contributed by atoms with Gasteiger partial charge in [-0.25, -0.2) is 0 Å². The zero-order valence-corrected chi connectivity index (χ0v) is 16.9. The summed E-state index contributed by atoms with van der Waals surface area (Å²) in [6, 6.07) is 14.9. The molecule has 1 N–H and O–H groups in total. The Morgan fingerprint density at radius 1 is 1.17 bits per heavy atom. The molecule has 4 heteroatoms. The summed E-state index contributed by atoms with van der Waals surface area (Å²) in [5, 5.41) is 4.01. The van der Waals surface area contributed by atoms with Crippen LogP contribution in [-0.2, 0) is 23.2 Å². The van der Waals surface area contributed by atoms with Gasteiger partial charge in [-0.1, -0.05) is 42.8 Å². The van der Waals surface area contributed by atoms with Crippen LogP contribution in [0.4, 0.5) is 0 Å². The Labute approximate surface area is 171 Å². The van der Waals surface area contributed by atoms with Crippen molar-refractivity contribution in [3.63, 3.8) is 0 Å². The molecule has 2 saturated carbocycles. The van der Waals surface area contributed by atoms with Gasteiger partial charge in [0, 0.05) is 29.5 Å². The van der Waals surface area contributed by atoms with Gasteiger partial charge in [0.1, 0.15) is 0 Å². The molecule has 2 aromatic carbocycles. The summed E-state index contributed by atoms with van der Waals surface area (Å²) in [7, 11) is 1.69. The lowest BCUT2D eigenvalue weighted by Crippen LogP contribution is -2.69. The fraction of sp³-hybridized carbons (Fsp3) is 0.480. The lowest BCUT2D eigenvalue weighted by atomic mass is 9.45. The summed E-state index contributed by atoms with van der Waals surface area (Å²) in [5.74, 6) is 2.31. The van der Waals surface area contributed by atoms with Gasteiger partial charge < -0.3 is 14.8 Å². The summed E-state index contributed by atoms with van der Waals surface area (Å²) >= 11 is 0. The average Bonchev–Trinajstić information content (AvgIpc) is 3.09. The van der Waals surface area contributed by atoms with E-state index in [1.807, 2.05) is 6.07 Å². The van der Waals surface area contributed by atoms with Crippen LogP contribution in [0.1, 0.15) is 48.8 Å². The maximum Gasteiger partial charge on any atom is 0.174 e. The molecule has 6 rings (SSSR count). The van der Waals surface area contributed by atoms with Crippen molar-refractivity contribution in [1.29, 1.82) is 0 Å². The molecule has 0 aromatic heterocycles. The molecule has 2 fully saturated rings. The van der Waals surface area contributed by atoms with Crippen LogP contribution >= 0.6 is 0 Å². The highest BCUT2D eigenvalue weighted by atomic mass is 16.5. The molecule has 4 nitrogen and oxygen atoms in total. The van der Waals surface area contributed by atoms with Gasteiger partial charge in [0.05, 0.1) is 7.11 Å². The second-order valence-corrected chi connectivity index (χ2v) is 9.25. The van der Waals surface area contributed by atoms with E-state index in [1.54, 1.807) is 7.11 Å². The van der Waals surface area contributed by atoms with Crippen LogP contribution in [0.25, 0.3) is 0 Å². The highest BCUT2D eigenvalue weighted by Crippen LogP contribution is 2.66. The molecule has 2 aromatic rings. The van der Waals surface area contributed by atoms with Crippen LogP contribution in [0.5, 0.6) is 11.5 Å². The minimum atomic E-state index is -0.343. The molecule has 0 amide bonds. The number of hydrogen-bond donors (Lipinski definition) is 1. The molecule has 1 aliphatic heterocycles. The van der Waals surface area contributed by atoms with Gasteiger partial charge in [0.25, 0.3) is 0 Å². The predicted octanol–water partition coefficient (Wildman–Crippen LogP) is 3.94. The Morgan fingerprint density at radius 2 is 2.03 bits per heavy atom. The normalized spacial score (nSPS) is 33.8. The van der Waals surface area contributed by atoms with Crippen molar-refractivity contribution in [3.8, 4) is 11.5 Å². The molecule has 1 heterocycles. The average molecular weight is 389 g/mol. The highest BCUT2D eigenvalue weighted by Gasteiger charge is 2.68. The molecular weight excluding hydrogens is 362 g/mol. The first kappa shape index (κ1) is 17.5. The standard InChI is InChI=1S/C25H27NO3/c1-28-19-10-8-17-14-24(26-15-16-6-3-2-4-7-16)12-5-13-25-20(24)11-9-18(27)23(25)29-22(19)21(17)25/h2-4,6-8,10,20,23,26H,5,9,11-15H2,1H3/t20-,23-,24?,25?/m1/s1. The monoisotopic (exact) mass is 389 g/mol. The van der Waals surface area contributed by atoms with Gasteiger partial charge in [0.2, 0.25) is 0 Å². The molecule has 4 atom stereocenters. The maximum atomic E-state index is 13.0. The van der Waals surface area contributed by atoms with Crippen molar-refractivity contribution in [2.45, 2.75) is 62.1 Å². The first-order valence-corrected chi connectivity index (χ1v) is 10.9. The van der Waals surface area contributed by atoms with Crippen LogP contribution in [0.2, 0.25) is 0 Å². The molecule has 2 bridgehead atoms. The summed E-state index contributed by atoms with van der Waals surface area (Å²) in [6.07, 6.45) is 5.56. The number of benzene rings is 2. The van der Waals surface area contributed by atoms with E-state index in [0.29, 0.717) is 12.3 Å². The molecule has 3 aliphatic carbocycles. The fourth-order valence-electron chi connectivity index (χ4n) is 7.05. The van der Waals surface area contributed by atoms with Crippen LogP contribution in [0.15, 0.2) is 42.5 Å².